The highest BCUT2D eigenvalue weighted by Gasteiger charge is 2.13. The van der Waals surface area contributed by atoms with Gasteiger partial charge in [-0.1, -0.05) is 52.3 Å². The Balaban J connectivity index is 1.49. The lowest BCUT2D eigenvalue weighted by Crippen LogP contribution is -1.98. The molecule has 2 aromatic heterocycles. The predicted octanol–water partition coefficient (Wildman–Crippen LogP) is 4.31. The van der Waals surface area contributed by atoms with E-state index in [-0.39, 0.29) is 0 Å². The van der Waals surface area contributed by atoms with Gasteiger partial charge in [-0.3, -0.25) is 0 Å². The number of benzene rings is 2. The van der Waals surface area contributed by atoms with Crippen molar-refractivity contribution in [3.05, 3.63) is 64.5 Å². The SMILES string of the molecule is Clc1ccc(-n2nnnc2SCc2nc(-c3cccc(Cl)c3)no2)cc1. The minimum atomic E-state index is 0.432. The molecule has 26 heavy (non-hydrogen) atoms. The van der Waals surface area contributed by atoms with E-state index in [1.54, 1.807) is 28.9 Å². The standard InChI is InChI=1S/C16H10Cl2N6OS/c17-11-4-6-13(7-5-11)24-16(20-22-23-24)26-9-14-19-15(21-25-14)10-2-1-3-12(18)8-10/h1-8H,9H2. The Morgan fingerprint density at radius 2 is 1.88 bits per heavy atom. The molecular formula is C16H10Cl2N6OS. The van der Waals surface area contributed by atoms with Crippen LogP contribution in [0, 0.1) is 0 Å². The van der Waals surface area contributed by atoms with Gasteiger partial charge in [-0.15, -0.1) is 5.10 Å². The van der Waals surface area contributed by atoms with E-state index in [1.165, 1.54) is 11.8 Å². The van der Waals surface area contributed by atoms with Gasteiger partial charge in [-0.25, -0.2) is 0 Å². The summed E-state index contributed by atoms with van der Waals surface area (Å²) in [6.45, 7) is 0. The van der Waals surface area contributed by atoms with Gasteiger partial charge in [0.25, 0.3) is 0 Å². The third kappa shape index (κ3) is 3.72. The van der Waals surface area contributed by atoms with Gasteiger partial charge in [0.05, 0.1) is 11.4 Å². The van der Waals surface area contributed by atoms with Crippen LogP contribution in [0.15, 0.2) is 58.2 Å². The van der Waals surface area contributed by atoms with Crippen LogP contribution in [0.2, 0.25) is 10.0 Å². The molecule has 0 spiro atoms. The van der Waals surface area contributed by atoms with Crippen molar-refractivity contribution in [1.82, 2.24) is 30.3 Å². The highest BCUT2D eigenvalue weighted by atomic mass is 35.5. The van der Waals surface area contributed by atoms with Crippen LogP contribution in [0.4, 0.5) is 0 Å². The van der Waals surface area contributed by atoms with Gasteiger partial charge < -0.3 is 4.52 Å². The first-order valence-corrected chi connectivity index (χ1v) is 9.19. The molecule has 0 amide bonds. The first-order chi connectivity index (χ1) is 12.7. The van der Waals surface area contributed by atoms with Crippen LogP contribution >= 0.6 is 35.0 Å². The number of hydrogen-bond acceptors (Lipinski definition) is 7. The zero-order chi connectivity index (χ0) is 17.9. The maximum Gasteiger partial charge on any atom is 0.237 e. The number of rotatable bonds is 5. The second kappa shape index (κ2) is 7.45. The zero-order valence-corrected chi connectivity index (χ0v) is 15.4. The average Bonchev–Trinajstić information content (AvgIpc) is 3.30. The molecule has 0 N–H and O–H groups in total. The van der Waals surface area contributed by atoms with Crippen molar-refractivity contribution in [2.24, 2.45) is 0 Å². The number of nitrogens with zero attached hydrogens (tertiary/aromatic N) is 6. The molecule has 7 nitrogen and oxygen atoms in total. The van der Waals surface area contributed by atoms with Gasteiger partial charge >= 0.3 is 0 Å². The van der Waals surface area contributed by atoms with E-state index in [4.69, 9.17) is 27.7 Å². The number of halogens is 2. The van der Waals surface area contributed by atoms with Gasteiger partial charge in [-0.05, 0) is 46.8 Å². The van der Waals surface area contributed by atoms with Gasteiger partial charge in [0, 0.05) is 15.6 Å². The molecule has 0 aliphatic carbocycles. The molecule has 4 rings (SSSR count). The summed E-state index contributed by atoms with van der Waals surface area (Å²) in [5.41, 5.74) is 1.61. The number of thioether (sulfide) groups is 1. The summed E-state index contributed by atoms with van der Waals surface area (Å²) >= 11 is 13.3. The third-order valence-electron chi connectivity index (χ3n) is 3.39. The third-order valence-corrected chi connectivity index (χ3v) is 4.78. The fourth-order valence-corrected chi connectivity index (χ4v) is 3.24. The summed E-state index contributed by atoms with van der Waals surface area (Å²) in [5.74, 6) is 1.39. The molecule has 0 fully saturated rings. The van der Waals surface area contributed by atoms with Crippen molar-refractivity contribution < 1.29 is 4.52 Å². The topological polar surface area (TPSA) is 82.5 Å². The van der Waals surface area contributed by atoms with Gasteiger partial charge in [0.2, 0.25) is 16.9 Å². The molecule has 2 heterocycles. The van der Waals surface area contributed by atoms with Crippen molar-refractivity contribution >= 4 is 35.0 Å². The minimum Gasteiger partial charge on any atom is -0.338 e. The number of aromatic nitrogens is 6. The first-order valence-electron chi connectivity index (χ1n) is 7.45. The maximum absolute atomic E-state index is 5.99. The quantitative estimate of drug-likeness (QED) is 0.458. The van der Waals surface area contributed by atoms with Gasteiger partial charge in [0.1, 0.15) is 0 Å². The molecule has 0 radical (unpaired) electrons. The van der Waals surface area contributed by atoms with E-state index in [9.17, 15) is 0 Å². The fraction of sp³-hybridized carbons (Fsp3) is 0.0625. The van der Waals surface area contributed by atoms with Crippen molar-refractivity contribution in [2.75, 3.05) is 0 Å². The summed E-state index contributed by atoms with van der Waals surface area (Å²) in [6, 6.07) is 14.5. The second-order valence-electron chi connectivity index (χ2n) is 5.16. The van der Waals surface area contributed by atoms with Crippen LogP contribution in [0.25, 0.3) is 17.1 Å². The van der Waals surface area contributed by atoms with E-state index < -0.39 is 0 Å². The molecule has 10 heteroatoms. The van der Waals surface area contributed by atoms with Crippen LogP contribution < -0.4 is 0 Å². The van der Waals surface area contributed by atoms with E-state index in [0.717, 1.165) is 11.3 Å². The minimum absolute atomic E-state index is 0.432. The lowest BCUT2D eigenvalue weighted by Gasteiger charge is -2.02. The maximum atomic E-state index is 5.99. The fourth-order valence-electron chi connectivity index (χ4n) is 2.20. The predicted molar refractivity (Wildman–Crippen MR) is 98.5 cm³/mol. The molecule has 0 aliphatic heterocycles. The lowest BCUT2D eigenvalue weighted by molar-refractivity contribution is 0.391. The molecule has 4 aromatic rings. The van der Waals surface area contributed by atoms with E-state index in [2.05, 4.69) is 25.7 Å². The zero-order valence-electron chi connectivity index (χ0n) is 13.1. The average molecular weight is 405 g/mol. The number of tetrazole rings is 1. The normalized spacial score (nSPS) is 11.0. The van der Waals surface area contributed by atoms with E-state index >= 15 is 0 Å². The number of hydrogen-bond donors (Lipinski definition) is 0. The van der Waals surface area contributed by atoms with Crippen LogP contribution in [0.3, 0.4) is 0 Å². The molecule has 0 unspecified atom stereocenters. The summed E-state index contributed by atoms with van der Waals surface area (Å²) in [6.07, 6.45) is 0. The highest BCUT2D eigenvalue weighted by molar-refractivity contribution is 7.98. The van der Waals surface area contributed by atoms with Crippen LogP contribution in [-0.2, 0) is 5.75 Å². The summed E-state index contributed by atoms with van der Waals surface area (Å²) in [7, 11) is 0. The van der Waals surface area contributed by atoms with Crippen molar-refractivity contribution in [3.63, 3.8) is 0 Å². The Hall–Kier alpha value is -2.42. The smallest absolute Gasteiger partial charge is 0.237 e. The van der Waals surface area contributed by atoms with E-state index in [1.807, 2.05) is 24.3 Å². The Morgan fingerprint density at radius 3 is 2.69 bits per heavy atom. The highest BCUT2D eigenvalue weighted by Crippen LogP contribution is 2.25. The van der Waals surface area contributed by atoms with Crippen molar-refractivity contribution in [1.29, 1.82) is 0 Å². The molecule has 2 aromatic carbocycles. The molecule has 130 valence electrons. The van der Waals surface area contributed by atoms with Crippen LogP contribution in [0.1, 0.15) is 5.89 Å². The molecule has 0 aliphatic rings. The van der Waals surface area contributed by atoms with Crippen LogP contribution in [-0.4, -0.2) is 30.3 Å². The van der Waals surface area contributed by atoms with Crippen molar-refractivity contribution in [3.8, 4) is 17.1 Å². The lowest BCUT2D eigenvalue weighted by atomic mass is 10.2. The second-order valence-corrected chi connectivity index (χ2v) is 6.98. The van der Waals surface area contributed by atoms with Crippen molar-refractivity contribution in [2.45, 2.75) is 10.9 Å². The Morgan fingerprint density at radius 1 is 1.04 bits per heavy atom. The largest absolute Gasteiger partial charge is 0.338 e. The summed E-state index contributed by atoms with van der Waals surface area (Å²) in [4.78, 5) is 4.38. The molecule has 0 saturated heterocycles. The van der Waals surface area contributed by atoms with Crippen LogP contribution in [0.5, 0.6) is 0 Å². The summed E-state index contributed by atoms with van der Waals surface area (Å²) in [5, 5.41) is 17.6. The Bertz CT molecular complexity index is 1030. The molecule has 0 bridgehead atoms. The Kier molecular flexibility index (Phi) is 4.87. The van der Waals surface area contributed by atoms with Gasteiger partial charge in [-0.2, -0.15) is 9.67 Å². The van der Waals surface area contributed by atoms with E-state index in [0.29, 0.717) is 32.7 Å². The monoisotopic (exact) mass is 404 g/mol. The summed E-state index contributed by atoms with van der Waals surface area (Å²) < 4.78 is 6.92. The first kappa shape index (κ1) is 17.0. The molecular weight excluding hydrogens is 395 g/mol. The molecule has 0 saturated carbocycles. The Labute approximate surface area is 162 Å². The molecule has 0 atom stereocenters. The van der Waals surface area contributed by atoms with Gasteiger partial charge in [0.15, 0.2) is 0 Å².